The van der Waals surface area contributed by atoms with Crippen LogP contribution in [-0.4, -0.2) is 74.5 Å². The van der Waals surface area contributed by atoms with Crippen LogP contribution in [0.1, 0.15) is 12.5 Å². The van der Waals surface area contributed by atoms with Gasteiger partial charge in [-0.25, -0.2) is 4.90 Å². The molecule has 3 saturated heterocycles. The first-order chi connectivity index (χ1) is 17.9. The van der Waals surface area contributed by atoms with Crippen molar-refractivity contribution < 1.29 is 28.7 Å². The number of nitrogens with zero attached hydrogens (tertiary/aromatic N) is 3. The number of imide groups is 1. The second-order valence-electron chi connectivity index (χ2n) is 9.83. The summed E-state index contributed by atoms with van der Waals surface area (Å²) < 4.78 is 10.8. The highest BCUT2D eigenvalue weighted by Gasteiger charge is 2.71. The highest BCUT2D eigenvalue weighted by atomic mass is 16.5. The summed E-state index contributed by atoms with van der Waals surface area (Å²) in [6.45, 7) is 3.52. The molecule has 1 N–H and O–H groups in total. The van der Waals surface area contributed by atoms with Gasteiger partial charge < -0.3 is 19.3 Å². The second kappa shape index (κ2) is 8.67. The molecule has 4 aliphatic heterocycles. The van der Waals surface area contributed by atoms with E-state index in [9.17, 15) is 19.2 Å². The predicted octanol–water partition coefficient (Wildman–Crippen LogP) is 0.893. The summed E-state index contributed by atoms with van der Waals surface area (Å²) >= 11 is 0. The van der Waals surface area contributed by atoms with Crippen LogP contribution in [0.3, 0.4) is 0 Å². The Balaban J connectivity index is 1.41. The van der Waals surface area contributed by atoms with Crippen molar-refractivity contribution in [3.8, 4) is 5.75 Å². The minimum absolute atomic E-state index is 0.149. The van der Waals surface area contributed by atoms with E-state index in [0.29, 0.717) is 49.0 Å². The van der Waals surface area contributed by atoms with Gasteiger partial charge in [0, 0.05) is 30.4 Å². The second-order valence-corrected chi connectivity index (χ2v) is 9.83. The third-order valence-electron chi connectivity index (χ3n) is 8.00. The Labute approximate surface area is 214 Å². The van der Waals surface area contributed by atoms with Gasteiger partial charge in [0.1, 0.15) is 17.8 Å². The van der Waals surface area contributed by atoms with Gasteiger partial charge >= 0.3 is 0 Å². The molecule has 3 fully saturated rings. The fraction of sp³-hybridized carbons (Fsp3) is 0.407. The maximum atomic E-state index is 14.3. The average Bonchev–Trinajstić information content (AvgIpc) is 3.47. The third-order valence-corrected chi connectivity index (χ3v) is 8.00. The van der Waals surface area contributed by atoms with E-state index in [2.05, 4.69) is 5.32 Å². The van der Waals surface area contributed by atoms with Crippen molar-refractivity contribution in [3.05, 3.63) is 54.1 Å². The lowest BCUT2D eigenvalue weighted by Crippen LogP contribution is -2.56. The fourth-order valence-electron chi connectivity index (χ4n) is 6.37. The first-order valence-corrected chi connectivity index (χ1v) is 12.5. The SMILES string of the molecule is COc1ccccc1N1C(=O)[C@@H]2[C@H](C)N[C@@]3(C(=O)N(CC(=O)N4CCOCC4)c4ccccc43)[C@@H]2C1=O. The van der Waals surface area contributed by atoms with Crippen molar-refractivity contribution in [1.82, 2.24) is 10.2 Å². The molecule has 0 aromatic heterocycles. The maximum absolute atomic E-state index is 14.3. The molecular formula is C27H28N4O6. The van der Waals surface area contributed by atoms with Crippen LogP contribution in [-0.2, 0) is 29.5 Å². The van der Waals surface area contributed by atoms with E-state index < -0.39 is 35.2 Å². The number of ether oxygens (including phenoxy) is 2. The van der Waals surface area contributed by atoms with E-state index in [4.69, 9.17) is 9.47 Å². The van der Waals surface area contributed by atoms with Gasteiger partial charge in [0.2, 0.25) is 17.7 Å². The van der Waals surface area contributed by atoms with Crippen LogP contribution in [0.15, 0.2) is 48.5 Å². The van der Waals surface area contributed by atoms with E-state index in [1.165, 1.54) is 12.0 Å². The minimum Gasteiger partial charge on any atom is -0.495 e. The van der Waals surface area contributed by atoms with Crippen molar-refractivity contribution >= 4 is 35.0 Å². The van der Waals surface area contributed by atoms with Crippen molar-refractivity contribution in [2.75, 3.05) is 49.8 Å². The number of para-hydroxylation sites is 3. The topological polar surface area (TPSA) is 108 Å². The van der Waals surface area contributed by atoms with Crippen LogP contribution >= 0.6 is 0 Å². The number of rotatable bonds is 4. The van der Waals surface area contributed by atoms with E-state index in [-0.39, 0.29) is 18.4 Å². The summed E-state index contributed by atoms with van der Waals surface area (Å²) in [5.74, 6) is -2.71. The standard InChI is InChI=1S/C27H28N4O6/c1-16-22-23(25(34)31(24(22)33)19-9-5-6-10-20(19)36-2)27(28-16)17-7-3-4-8-18(17)30(26(27)35)15-21(32)29-11-13-37-14-12-29/h3-10,16,22-23,28H,11-15H2,1-2H3/t16-,22+,23-,27+/m0/s1. The summed E-state index contributed by atoms with van der Waals surface area (Å²) in [5, 5.41) is 3.35. The molecule has 4 heterocycles. The summed E-state index contributed by atoms with van der Waals surface area (Å²) in [4.78, 5) is 59.5. The molecule has 6 rings (SSSR count). The molecule has 0 saturated carbocycles. The van der Waals surface area contributed by atoms with Crippen LogP contribution in [0.25, 0.3) is 0 Å². The van der Waals surface area contributed by atoms with E-state index in [1.54, 1.807) is 53.4 Å². The minimum atomic E-state index is -1.45. The lowest BCUT2D eigenvalue weighted by atomic mass is 9.76. The number of benzene rings is 2. The summed E-state index contributed by atoms with van der Waals surface area (Å²) in [6, 6.07) is 13.6. The number of methoxy groups -OCH3 is 1. The smallest absolute Gasteiger partial charge is 0.253 e. The molecule has 0 bridgehead atoms. The van der Waals surface area contributed by atoms with Gasteiger partial charge in [-0.2, -0.15) is 0 Å². The van der Waals surface area contributed by atoms with Crippen LogP contribution in [0.4, 0.5) is 11.4 Å². The summed E-state index contributed by atoms with van der Waals surface area (Å²) in [5.41, 5.74) is 0.0904. The van der Waals surface area contributed by atoms with E-state index in [0.717, 1.165) is 4.90 Å². The number of anilines is 2. The number of morpholine rings is 1. The number of hydrogen-bond acceptors (Lipinski definition) is 7. The molecular weight excluding hydrogens is 476 g/mol. The van der Waals surface area contributed by atoms with E-state index >= 15 is 0 Å². The number of carbonyl (C=O) groups excluding carboxylic acids is 4. The van der Waals surface area contributed by atoms with Crippen molar-refractivity contribution in [2.45, 2.75) is 18.5 Å². The van der Waals surface area contributed by atoms with Gasteiger partial charge in [0.25, 0.3) is 5.91 Å². The molecule has 0 unspecified atom stereocenters. The Morgan fingerprint density at radius 3 is 2.43 bits per heavy atom. The molecule has 10 nitrogen and oxygen atoms in total. The zero-order valence-electron chi connectivity index (χ0n) is 20.7. The number of carbonyl (C=O) groups is 4. The Kier molecular flexibility index (Phi) is 5.54. The lowest BCUT2D eigenvalue weighted by molar-refractivity contribution is -0.136. The molecule has 4 aliphatic rings. The van der Waals surface area contributed by atoms with Crippen molar-refractivity contribution in [1.29, 1.82) is 0 Å². The zero-order chi connectivity index (χ0) is 25.9. The highest BCUT2D eigenvalue weighted by molar-refractivity contribution is 6.26. The van der Waals surface area contributed by atoms with Gasteiger partial charge in [0.15, 0.2) is 0 Å². The highest BCUT2D eigenvalue weighted by Crippen LogP contribution is 2.55. The van der Waals surface area contributed by atoms with Gasteiger partial charge in [-0.1, -0.05) is 30.3 Å². The monoisotopic (exact) mass is 504 g/mol. The molecule has 0 radical (unpaired) electrons. The van der Waals surface area contributed by atoms with Crippen LogP contribution < -0.4 is 19.9 Å². The Hall–Kier alpha value is -3.76. The first kappa shape index (κ1) is 23.6. The third kappa shape index (κ3) is 3.25. The number of nitrogens with one attached hydrogen (secondary N) is 1. The molecule has 2 aromatic carbocycles. The molecule has 1 spiro atoms. The van der Waals surface area contributed by atoms with Crippen LogP contribution in [0.2, 0.25) is 0 Å². The number of hydrogen-bond donors (Lipinski definition) is 1. The lowest BCUT2D eigenvalue weighted by Gasteiger charge is -2.31. The molecule has 192 valence electrons. The zero-order valence-corrected chi connectivity index (χ0v) is 20.7. The Morgan fingerprint density at radius 1 is 1.03 bits per heavy atom. The van der Waals surface area contributed by atoms with Crippen LogP contribution in [0, 0.1) is 11.8 Å². The first-order valence-electron chi connectivity index (χ1n) is 12.5. The fourth-order valence-corrected chi connectivity index (χ4v) is 6.37. The molecule has 10 heteroatoms. The Bertz CT molecular complexity index is 1310. The quantitative estimate of drug-likeness (QED) is 0.616. The molecule has 4 atom stereocenters. The summed E-state index contributed by atoms with van der Waals surface area (Å²) in [6.07, 6.45) is 0. The largest absolute Gasteiger partial charge is 0.495 e. The van der Waals surface area contributed by atoms with Gasteiger partial charge in [-0.3, -0.25) is 24.5 Å². The summed E-state index contributed by atoms with van der Waals surface area (Å²) in [7, 11) is 1.48. The van der Waals surface area contributed by atoms with Crippen molar-refractivity contribution in [3.63, 3.8) is 0 Å². The van der Waals surface area contributed by atoms with Gasteiger partial charge in [0.05, 0.1) is 37.8 Å². The molecule has 0 aliphatic carbocycles. The van der Waals surface area contributed by atoms with Crippen molar-refractivity contribution in [2.24, 2.45) is 11.8 Å². The van der Waals surface area contributed by atoms with E-state index in [1.807, 2.05) is 6.92 Å². The average molecular weight is 505 g/mol. The van der Waals surface area contributed by atoms with Crippen LogP contribution in [0.5, 0.6) is 5.75 Å². The maximum Gasteiger partial charge on any atom is 0.253 e. The number of amides is 4. The molecule has 4 amide bonds. The molecule has 2 aromatic rings. The molecule has 37 heavy (non-hydrogen) atoms. The Morgan fingerprint density at radius 2 is 1.70 bits per heavy atom. The normalized spacial score (nSPS) is 28.8. The number of fused-ring (bicyclic) bond motifs is 4. The van der Waals surface area contributed by atoms with Gasteiger partial charge in [-0.15, -0.1) is 0 Å². The predicted molar refractivity (Wildman–Crippen MR) is 133 cm³/mol. The van der Waals surface area contributed by atoms with Gasteiger partial charge in [-0.05, 0) is 25.1 Å².